The summed E-state index contributed by atoms with van der Waals surface area (Å²) in [5.41, 5.74) is 2.20. The number of rotatable bonds is 4. The fourth-order valence-corrected chi connectivity index (χ4v) is 2.29. The number of hydrogen-bond donors (Lipinski definition) is 2. The average Bonchev–Trinajstić information content (AvgIpc) is 2.45. The topological polar surface area (TPSA) is 79.3 Å². The third-order valence-electron chi connectivity index (χ3n) is 2.93. The van der Waals surface area contributed by atoms with Crippen LogP contribution in [-0.4, -0.2) is 22.0 Å². The van der Waals surface area contributed by atoms with Crippen LogP contribution < -0.4 is 5.32 Å². The SMILES string of the molecule is Cc1cc(Br)ccc1C(=O)NCc1ccc(C(=O)O)nc1. The molecule has 0 radical (unpaired) electrons. The number of carboxylic acid groups (broad SMARTS) is 1. The summed E-state index contributed by atoms with van der Waals surface area (Å²) in [7, 11) is 0. The first-order valence-electron chi connectivity index (χ1n) is 6.20. The molecule has 21 heavy (non-hydrogen) atoms. The Bertz CT molecular complexity index is 684. The maximum atomic E-state index is 12.1. The van der Waals surface area contributed by atoms with Gasteiger partial charge in [0.25, 0.3) is 5.91 Å². The summed E-state index contributed by atoms with van der Waals surface area (Å²) < 4.78 is 0.921. The fraction of sp³-hybridized carbons (Fsp3) is 0.133. The summed E-state index contributed by atoms with van der Waals surface area (Å²) in [5, 5.41) is 11.5. The van der Waals surface area contributed by atoms with Gasteiger partial charge in [-0.2, -0.15) is 0 Å². The summed E-state index contributed by atoms with van der Waals surface area (Å²) in [5.74, 6) is -1.25. The van der Waals surface area contributed by atoms with E-state index >= 15 is 0 Å². The lowest BCUT2D eigenvalue weighted by Gasteiger charge is -2.08. The maximum absolute atomic E-state index is 12.1. The molecule has 1 aromatic heterocycles. The van der Waals surface area contributed by atoms with Crippen LogP contribution >= 0.6 is 15.9 Å². The second-order valence-electron chi connectivity index (χ2n) is 4.50. The van der Waals surface area contributed by atoms with Gasteiger partial charge in [-0.15, -0.1) is 0 Å². The highest BCUT2D eigenvalue weighted by Gasteiger charge is 2.09. The lowest BCUT2D eigenvalue weighted by atomic mass is 10.1. The van der Waals surface area contributed by atoms with Crippen LogP contribution in [0.2, 0.25) is 0 Å². The molecule has 0 fully saturated rings. The highest BCUT2D eigenvalue weighted by atomic mass is 79.9. The van der Waals surface area contributed by atoms with Crippen LogP contribution in [0.4, 0.5) is 0 Å². The van der Waals surface area contributed by atoms with Crippen LogP contribution in [0.1, 0.15) is 32.0 Å². The van der Waals surface area contributed by atoms with Crippen molar-refractivity contribution >= 4 is 27.8 Å². The number of carboxylic acids is 1. The van der Waals surface area contributed by atoms with Gasteiger partial charge in [0.2, 0.25) is 0 Å². The first kappa shape index (κ1) is 15.2. The number of amides is 1. The number of aromatic nitrogens is 1. The molecule has 0 bridgehead atoms. The van der Waals surface area contributed by atoms with E-state index in [4.69, 9.17) is 5.11 Å². The molecule has 6 heteroatoms. The van der Waals surface area contributed by atoms with Gasteiger partial charge in [-0.1, -0.05) is 22.0 Å². The van der Waals surface area contributed by atoms with Gasteiger partial charge in [0.1, 0.15) is 5.69 Å². The molecule has 1 amide bonds. The molecule has 2 rings (SSSR count). The fourth-order valence-electron chi connectivity index (χ4n) is 1.81. The van der Waals surface area contributed by atoms with E-state index < -0.39 is 5.97 Å². The van der Waals surface area contributed by atoms with Crippen molar-refractivity contribution < 1.29 is 14.7 Å². The van der Waals surface area contributed by atoms with E-state index in [2.05, 4.69) is 26.2 Å². The molecule has 0 saturated heterocycles. The quantitative estimate of drug-likeness (QED) is 0.890. The van der Waals surface area contributed by atoms with Crippen molar-refractivity contribution in [1.29, 1.82) is 0 Å². The molecule has 0 atom stereocenters. The number of halogens is 1. The number of benzene rings is 1. The van der Waals surface area contributed by atoms with E-state index in [1.807, 2.05) is 19.1 Å². The molecular weight excluding hydrogens is 336 g/mol. The number of aryl methyl sites for hydroxylation is 1. The van der Waals surface area contributed by atoms with Gasteiger partial charge in [0.15, 0.2) is 0 Å². The number of aromatic carboxylic acids is 1. The number of carbonyl (C=O) groups is 2. The van der Waals surface area contributed by atoms with E-state index in [0.717, 1.165) is 15.6 Å². The van der Waals surface area contributed by atoms with Crippen LogP contribution in [0.5, 0.6) is 0 Å². The van der Waals surface area contributed by atoms with Crippen molar-refractivity contribution in [2.24, 2.45) is 0 Å². The van der Waals surface area contributed by atoms with Crippen molar-refractivity contribution in [1.82, 2.24) is 10.3 Å². The lowest BCUT2D eigenvalue weighted by Crippen LogP contribution is -2.23. The molecule has 5 nitrogen and oxygen atoms in total. The highest BCUT2D eigenvalue weighted by Crippen LogP contribution is 2.15. The highest BCUT2D eigenvalue weighted by molar-refractivity contribution is 9.10. The first-order valence-corrected chi connectivity index (χ1v) is 6.99. The Kier molecular flexibility index (Phi) is 4.70. The second-order valence-corrected chi connectivity index (χ2v) is 5.41. The maximum Gasteiger partial charge on any atom is 0.354 e. The number of pyridine rings is 1. The van der Waals surface area contributed by atoms with E-state index in [1.54, 1.807) is 12.1 Å². The van der Waals surface area contributed by atoms with Crippen molar-refractivity contribution in [3.05, 3.63) is 63.4 Å². The van der Waals surface area contributed by atoms with Gasteiger partial charge in [0, 0.05) is 22.8 Å². The first-order chi connectivity index (χ1) is 9.97. The minimum Gasteiger partial charge on any atom is -0.477 e. The van der Waals surface area contributed by atoms with E-state index in [-0.39, 0.29) is 11.6 Å². The molecule has 2 N–H and O–H groups in total. The summed E-state index contributed by atoms with van der Waals surface area (Å²) in [6, 6.07) is 8.48. The minimum absolute atomic E-state index is 0.0196. The van der Waals surface area contributed by atoms with Gasteiger partial charge in [-0.25, -0.2) is 9.78 Å². The van der Waals surface area contributed by atoms with Crippen LogP contribution in [0.15, 0.2) is 41.0 Å². The summed E-state index contributed by atoms with van der Waals surface area (Å²) in [4.78, 5) is 26.6. The molecule has 0 saturated carbocycles. The number of hydrogen-bond acceptors (Lipinski definition) is 3. The zero-order valence-corrected chi connectivity index (χ0v) is 12.8. The molecule has 2 aromatic rings. The molecule has 0 spiro atoms. The second kappa shape index (κ2) is 6.49. The van der Waals surface area contributed by atoms with E-state index in [0.29, 0.717) is 12.1 Å². The van der Waals surface area contributed by atoms with Crippen LogP contribution in [-0.2, 0) is 6.54 Å². The normalized spacial score (nSPS) is 10.2. The minimum atomic E-state index is -1.07. The number of nitrogens with one attached hydrogen (secondary N) is 1. The average molecular weight is 349 g/mol. The predicted octanol–water partition coefficient (Wildman–Crippen LogP) is 2.78. The predicted molar refractivity (Wildman–Crippen MR) is 81.2 cm³/mol. The molecule has 0 unspecified atom stereocenters. The third-order valence-corrected chi connectivity index (χ3v) is 3.42. The Morgan fingerprint density at radius 3 is 2.62 bits per heavy atom. The largest absolute Gasteiger partial charge is 0.477 e. The van der Waals surface area contributed by atoms with Gasteiger partial charge < -0.3 is 10.4 Å². The molecular formula is C15H13BrN2O3. The van der Waals surface area contributed by atoms with Gasteiger partial charge in [0.05, 0.1) is 0 Å². The van der Waals surface area contributed by atoms with Gasteiger partial charge in [-0.3, -0.25) is 4.79 Å². The molecule has 0 aliphatic rings. The van der Waals surface area contributed by atoms with Crippen LogP contribution in [0.25, 0.3) is 0 Å². The zero-order valence-electron chi connectivity index (χ0n) is 11.3. The Morgan fingerprint density at radius 1 is 1.29 bits per heavy atom. The molecule has 1 aromatic carbocycles. The van der Waals surface area contributed by atoms with Crippen molar-refractivity contribution in [2.45, 2.75) is 13.5 Å². The molecule has 0 aliphatic heterocycles. The zero-order chi connectivity index (χ0) is 15.4. The van der Waals surface area contributed by atoms with Crippen LogP contribution in [0.3, 0.4) is 0 Å². The third kappa shape index (κ3) is 3.88. The summed E-state index contributed by atoms with van der Waals surface area (Å²) >= 11 is 3.35. The van der Waals surface area contributed by atoms with Crippen molar-refractivity contribution in [2.75, 3.05) is 0 Å². The van der Waals surface area contributed by atoms with Crippen molar-refractivity contribution in [3.63, 3.8) is 0 Å². The smallest absolute Gasteiger partial charge is 0.354 e. The van der Waals surface area contributed by atoms with Gasteiger partial charge in [-0.05, 0) is 42.3 Å². The van der Waals surface area contributed by atoms with Crippen molar-refractivity contribution in [3.8, 4) is 0 Å². The van der Waals surface area contributed by atoms with Gasteiger partial charge >= 0.3 is 5.97 Å². The van der Waals surface area contributed by atoms with Crippen LogP contribution in [0, 0.1) is 6.92 Å². The Balaban J connectivity index is 2.02. The Morgan fingerprint density at radius 2 is 2.05 bits per heavy atom. The monoisotopic (exact) mass is 348 g/mol. The summed E-state index contributed by atoms with van der Waals surface area (Å²) in [6.45, 7) is 2.16. The lowest BCUT2D eigenvalue weighted by molar-refractivity contribution is 0.0690. The molecule has 1 heterocycles. The number of nitrogens with zero attached hydrogens (tertiary/aromatic N) is 1. The van der Waals surface area contributed by atoms with E-state index in [1.165, 1.54) is 12.3 Å². The Hall–Kier alpha value is -2.21. The Labute approximate surface area is 130 Å². The van der Waals surface area contributed by atoms with E-state index in [9.17, 15) is 9.59 Å². The molecule has 108 valence electrons. The standard InChI is InChI=1S/C15H13BrN2O3/c1-9-6-11(16)3-4-12(9)14(19)18-8-10-2-5-13(15(20)21)17-7-10/h2-7H,8H2,1H3,(H,18,19)(H,20,21). The summed E-state index contributed by atoms with van der Waals surface area (Å²) in [6.07, 6.45) is 1.44. The number of carbonyl (C=O) groups excluding carboxylic acids is 1. The molecule has 0 aliphatic carbocycles.